The largest absolute Gasteiger partial charge is 0.321 e. The van der Waals surface area contributed by atoms with E-state index in [1.165, 1.54) is 0 Å². The van der Waals surface area contributed by atoms with Gasteiger partial charge in [0.05, 0.1) is 6.17 Å². The van der Waals surface area contributed by atoms with Gasteiger partial charge in [-0.15, -0.1) is 0 Å². The second-order valence-electron chi connectivity index (χ2n) is 6.57. The lowest BCUT2D eigenvalue weighted by molar-refractivity contribution is 0.194. The summed E-state index contributed by atoms with van der Waals surface area (Å²) >= 11 is 0. The molecule has 25 heavy (non-hydrogen) atoms. The third-order valence-electron chi connectivity index (χ3n) is 4.33. The highest BCUT2D eigenvalue weighted by atomic mass is 16.2. The predicted molar refractivity (Wildman–Crippen MR) is 102 cm³/mol. The standard InChI is InChI=1S/C19H27N5O/c1-3-10-20-17-11-13(2)21-18(23-17)24-19(25)22-16-9-8-14-6-4-5-7-15(14)12-16/h4-9,12-13,17-18,20-21,23H,3,10-11H2,1-2H3,(H2,22,24,25). The lowest BCUT2D eigenvalue weighted by Crippen LogP contribution is -2.67. The number of hydrogen-bond donors (Lipinski definition) is 5. The van der Waals surface area contributed by atoms with Gasteiger partial charge in [-0.1, -0.05) is 37.3 Å². The molecule has 1 aliphatic heterocycles. The molecule has 0 aromatic heterocycles. The maximum absolute atomic E-state index is 12.3. The molecule has 2 amide bonds. The molecule has 6 heteroatoms. The Balaban J connectivity index is 1.57. The van der Waals surface area contributed by atoms with Crippen molar-refractivity contribution < 1.29 is 4.79 Å². The van der Waals surface area contributed by atoms with Gasteiger partial charge in [-0.3, -0.25) is 10.6 Å². The Labute approximate surface area is 148 Å². The van der Waals surface area contributed by atoms with Crippen molar-refractivity contribution in [1.82, 2.24) is 21.3 Å². The lowest BCUT2D eigenvalue weighted by Gasteiger charge is -2.36. The Bertz CT molecular complexity index is 720. The summed E-state index contributed by atoms with van der Waals surface area (Å²) in [4.78, 5) is 12.3. The summed E-state index contributed by atoms with van der Waals surface area (Å²) in [5.74, 6) is 0. The van der Waals surface area contributed by atoms with Gasteiger partial charge in [0.25, 0.3) is 0 Å². The van der Waals surface area contributed by atoms with Crippen LogP contribution >= 0.6 is 0 Å². The van der Waals surface area contributed by atoms with E-state index < -0.39 is 0 Å². The van der Waals surface area contributed by atoms with E-state index in [0.29, 0.717) is 6.04 Å². The topological polar surface area (TPSA) is 77.2 Å². The van der Waals surface area contributed by atoms with E-state index in [9.17, 15) is 4.79 Å². The number of carbonyl (C=O) groups is 1. The average molecular weight is 341 g/mol. The van der Waals surface area contributed by atoms with Crippen LogP contribution in [0.5, 0.6) is 0 Å². The molecule has 1 saturated heterocycles. The van der Waals surface area contributed by atoms with Crippen molar-refractivity contribution in [2.24, 2.45) is 0 Å². The van der Waals surface area contributed by atoms with E-state index in [2.05, 4.69) is 46.5 Å². The Morgan fingerprint density at radius 2 is 1.96 bits per heavy atom. The minimum Gasteiger partial charge on any atom is -0.310 e. The van der Waals surface area contributed by atoms with Gasteiger partial charge in [-0.05, 0) is 49.2 Å². The summed E-state index contributed by atoms with van der Waals surface area (Å²) in [5, 5.41) is 18.3. The Morgan fingerprint density at radius 3 is 2.76 bits per heavy atom. The second kappa shape index (κ2) is 8.29. The summed E-state index contributed by atoms with van der Waals surface area (Å²) in [6, 6.07) is 14.1. The van der Waals surface area contributed by atoms with Gasteiger partial charge in [-0.2, -0.15) is 0 Å². The summed E-state index contributed by atoms with van der Waals surface area (Å²) in [6.45, 7) is 5.22. The second-order valence-corrected chi connectivity index (χ2v) is 6.57. The molecule has 134 valence electrons. The monoisotopic (exact) mass is 341 g/mol. The molecule has 0 radical (unpaired) electrons. The first-order valence-corrected chi connectivity index (χ1v) is 8.96. The third kappa shape index (κ3) is 4.92. The zero-order chi connectivity index (χ0) is 17.6. The maximum Gasteiger partial charge on any atom is 0.321 e. The summed E-state index contributed by atoms with van der Waals surface area (Å²) in [6.07, 6.45) is 1.99. The zero-order valence-corrected chi connectivity index (χ0v) is 14.8. The molecule has 0 bridgehead atoms. The highest BCUT2D eigenvalue weighted by molar-refractivity contribution is 5.93. The van der Waals surface area contributed by atoms with Crippen molar-refractivity contribution in [3.63, 3.8) is 0 Å². The Hall–Kier alpha value is -2.15. The van der Waals surface area contributed by atoms with Crippen LogP contribution < -0.4 is 26.6 Å². The first-order valence-electron chi connectivity index (χ1n) is 8.96. The zero-order valence-electron chi connectivity index (χ0n) is 14.8. The van der Waals surface area contributed by atoms with Gasteiger partial charge >= 0.3 is 6.03 Å². The van der Waals surface area contributed by atoms with E-state index in [-0.39, 0.29) is 18.5 Å². The number of anilines is 1. The molecular formula is C19H27N5O. The van der Waals surface area contributed by atoms with E-state index in [0.717, 1.165) is 35.8 Å². The molecule has 0 saturated carbocycles. The minimum absolute atomic E-state index is 0.196. The maximum atomic E-state index is 12.3. The summed E-state index contributed by atoms with van der Waals surface area (Å²) < 4.78 is 0. The molecule has 3 unspecified atom stereocenters. The van der Waals surface area contributed by atoms with Gasteiger partial charge in [0, 0.05) is 11.7 Å². The molecule has 6 nitrogen and oxygen atoms in total. The van der Waals surface area contributed by atoms with Crippen LogP contribution in [0.1, 0.15) is 26.7 Å². The van der Waals surface area contributed by atoms with Crippen LogP contribution in [0, 0.1) is 0 Å². The van der Waals surface area contributed by atoms with Crippen molar-refractivity contribution in [2.75, 3.05) is 11.9 Å². The number of hydrogen-bond acceptors (Lipinski definition) is 4. The molecule has 1 fully saturated rings. The van der Waals surface area contributed by atoms with Crippen molar-refractivity contribution in [3.8, 4) is 0 Å². The fourth-order valence-electron chi connectivity index (χ4n) is 3.13. The molecular weight excluding hydrogens is 314 g/mol. The number of carbonyl (C=O) groups excluding carboxylic acids is 1. The SMILES string of the molecule is CCCNC1CC(C)NC(NC(=O)Nc2ccc3ccccc3c2)N1. The van der Waals surface area contributed by atoms with Crippen LogP contribution in [0.2, 0.25) is 0 Å². The van der Waals surface area contributed by atoms with Gasteiger partial charge < -0.3 is 16.0 Å². The minimum atomic E-state index is -0.265. The van der Waals surface area contributed by atoms with Gasteiger partial charge in [0.2, 0.25) is 0 Å². The molecule has 3 rings (SSSR count). The molecule has 5 N–H and O–H groups in total. The van der Waals surface area contributed by atoms with Crippen molar-refractivity contribution in [1.29, 1.82) is 0 Å². The fraction of sp³-hybridized carbons (Fsp3) is 0.421. The molecule has 1 heterocycles. The number of rotatable bonds is 5. The lowest BCUT2D eigenvalue weighted by atomic mass is 10.1. The van der Waals surface area contributed by atoms with E-state index in [1.54, 1.807) is 0 Å². The number of urea groups is 1. The molecule has 0 spiro atoms. The average Bonchev–Trinajstić information content (AvgIpc) is 2.59. The molecule has 3 atom stereocenters. The van der Waals surface area contributed by atoms with Crippen molar-refractivity contribution in [3.05, 3.63) is 42.5 Å². The number of fused-ring (bicyclic) bond motifs is 1. The highest BCUT2D eigenvalue weighted by Gasteiger charge is 2.25. The summed E-state index contributed by atoms with van der Waals surface area (Å²) in [5.41, 5.74) is 0.778. The van der Waals surface area contributed by atoms with Crippen LogP contribution in [-0.2, 0) is 0 Å². The van der Waals surface area contributed by atoms with E-state index in [1.807, 2.05) is 36.4 Å². The van der Waals surface area contributed by atoms with Crippen LogP contribution in [0.3, 0.4) is 0 Å². The van der Waals surface area contributed by atoms with Crippen molar-refractivity contribution in [2.45, 2.75) is 45.2 Å². The summed E-state index contributed by atoms with van der Waals surface area (Å²) in [7, 11) is 0. The molecule has 2 aromatic rings. The van der Waals surface area contributed by atoms with Crippen LogP contribution in [0.4, 0.5) is 10.5 Å². The van der Waals surface area contributed by atoms with Crippen LogP contribution in [-0.4, -0.2) is 31.1 Å². The number of amides is 2. The van der Waals surface area contributed by atoms with Crippen LogP contribution in [0.25, 0.3) is 10.8 Å². The number of nitrogens with one attached hydrogen (secondary N) is 5. The van der Waals surface area contributed by atoms with Gasteiger partial charge in [-0.25, -0.2) is 4.79 Å². The normalized spacial score (nSPS) is 23.4. The van der Waals surface area contributed by atoms with Crippen molar-refractivity contribution >= 4 is 22.5 Å². The van der Waals surface area contributed by atoms with Gasteiger partial charge in [0.1, 0.15) is 6.29 Å². The molecule has 2 aromatic carbocycles. The van der Waals surface area contributed by atoms with E-state index in [4.69, 9.17) is 0 Å². The molecule has 0 aliphatic carbocycles. The fourth-order valence-corrected chi connectivity index (χ4v) is 3.13. The van der Waals surface area contributed by atoms with E-state index >= 15 is 0 Å². The quantitative estimate of drug-likeness (QED) is 0.579. The van der Waals surface area contributed by atoms with Gasteiger partial charge in [0.15, 0.2) is 0 Å². The highest BCUT2D eigenvalue weighted by Crippen LogP contribution is 2.18. The third-order valence-corrected chi connectivity index (χ3v) is 4.33. The first kappa shape index (κ1) is 17.7. The Morgan fingerprint density at radius 1 is 1.16 bits per heavy atom. The van der Waals surface area contributed by atoms with Crippen LogP contribution in [0.15, 0.2) is 42.5 Å². The molecule has 1 aliphatic rings. The Kier molecular flexibility index (Phi) is 5.86. The first-order chi connectivity index (χ1) is 12.1. The number of benzene rings is 2. The smallest absolute Gasteiger partial charge is 0.310 e. The predicted octanol–water partition coefficient (Wildman–Crippen LogP) is 2.54.